The van der Waals surface area contributed by atoms with Gasteiger partial charge in [-0.15, -0.1) is 0 Å². The highest BCUT2D eigenvalue weighted by Crippen LogP contribution is 2.12. The monoisotopic (exact) mass is 257 g/mol. The van der Waals surface area contributed by atoms with Crippen LogP contribution in [0.15, 0.2) is 24.3 Å². The molecule has 0 radical (unpaired) electrons. The molecule has 1 amide bonds. The smallest absolute Gasteiger partial charge is 0.234 e. The molecule has 0 unspecified atom stereocenters. The minimum absolute atomic E-state index is 0.233. The molecule has 1 aromatic rings. The Kier molecular flexibility index (Phi) is 4.47. The third-order valence-electron chi connectivity index (χ3n) is 2.06. The van der Waals surface area contributed by atoms with Gasteiger partial charge in [-0.25, -0.2) is 14.3 Å². The Morgan fingerprint density at radius 1 is 1.29 bits per heavy atom. The predicted molar refractivity (Wildman–Crippen MR) is 65.6 cm³/mol. The van der Waals surface area contributed by atoms with Crippen molar-refractivity contribution < 1.29 is 13.2 Å². The summed E-state index contributed by atoms with van der Waals surface area (Å²) in [6.45, 7) is 0. The summed E-state index contributed by atoms with van der Waals surface area (Å²) in [6, 6.07) is 6.82. The van der Waals surface area contributed by atoms with Crippen molar-refractivity contribution in [3.05, 3.63) is 29.8 Å². The first kappa shape index (κ1) is 13.5. The Bertz CT molecular complexity index is 482. The summed E-state index contributed by atoms with van der Waals surface area (Å²) in [5.74, 6) is 4.72. The number of rotatable bonds is 5. The van der Waals surface area contributed by atoms with Crippen molar-refractivity contribution >= 4 is 21.6 Å². The van der Waals surface area contributed by atoms with Crippen molar-refractivity contribution in [2.75, 3.05) is 11.0 Å². The number of hydrogen-bond donors (Lipinski definition) is 3. The number of aryl methyl sites for hydroxylation is 1. The van der Waals surface area contributed by atoms with Crippen molar-refractivity contribution in [3.8, 4) is 0 Å². The number of benzene rings is 1. The molecule has 0 saturated carbocycles. The zero-order chi connectivity index (χ0) is 12.9. The normalized spacial score (nSPS) is 10.9. The van der Waals surface area contributed by atoms with Gasteiger partial charge in [0.1, 0.15) is 0 Å². The average Bonchev–Trinajstić information content (AvgIpc) is 2.25. The number of carbonyl (C=O) groups is 1. The molecule has 0 fully saturated rings. The molecular formula is C10H15N3O3S. The summed E-state index contributed by atoms with van der Waals surface area (Å²) in [7, 11) is -3.25. The third-order valence-corrected chi connectivity index (χ3v) is 2.67. The first-order chi connectivity index (χ1) is 7.90. The largest absolute Gasteiger partial charge is 0.294 e. The zero-order valence-corrected chi connectivity index (χ0v) is 10.3. The molecule has 4 N–H and O–H groups in total. The number of amides is 1. The summed E-state index contributed by atoms with van der Waals surface area (Å²) in [6.07, 6.45) is 1.95. The fraction of sp³-hybridized carbons (Fsp3) is 0.300. The lowest BCUT2D eigenvalue weighted by Gasteiger charge is -2.05. The zero-order valence-electron chi connectivity index (χ0n) is 9.43. The van der Waals surface area contributed by atoms with Crippen molar-refractivity contribution in [3.63, 3.8) is 0 Å². The van der Waals surface area contributed by atoms with Crippen molar-refractivity contribution in [2.45, 2.75) is 12.8 Å². The summed E-state index contributed by atoms with van der Waals surface area (Å²) in [4.78, 5) is 10.9. The van der Waals surface area contributed by atoms with E-state index in [0.29, 0.717) is 18.5 Å². The van der Waals surface area contributed by atoms with E-state index >= 15 is 0 Å². The number of sulfonamides is 1. The van der Waals surface area contributed by atoms with Crippen LogP contribution in [0.5, 0.6) is 0 Å². The van der Waals surface area contributed by atoms with Crippen LogP contribution in [-0.4, -0.2) is 20.6 Å². The Balaban J connectivity index is 2.59. The van der Waals surface area contributed by atoms with Crippen molar-refractivity contribution in [1.82, 2.24) is 5.43 Å². The van der Waals surface area contributed by atoms with E-state index in [1.54, 1.807) is 24.3 Å². The number of anilines is 1. The maximum atomic E-state index is 11.0. The lowest BCUT2D eigenvalue weighted by atomic mass is 10.1. The molecule has 94 valence electrons. The van der Waals surface area contributed by atoms with Gasteiger partial charge in [0.05, 0.1) is 6.26 Å². The van der Waals surface area contributed by atoms with Gasteiger partial charge in [-0.05, 0) is 24.1 Å². The van der Waals surface area contributed by atoms with Gasteiger partial charge < -0.3 is 0 Å². The second kappa shape index (κ2) is 5.65. The third kappa shape index (κ3) is 5.32. The van der Waals surface area contributed by atoms with Crippen LogP contribution in [0, 0.1) is 0 Å². The van der Waals surface area contributed by atoms with Crippen LogP contribution in [0.3, 0.4) is 0 Å². The van der Waals surface area contributed by atoms with Gasteiger partial charge in [-0.3, -0.25) is 14.9 Å². The van der Waals surface area contributed by atoms with Crippen molar-refractivity contribution in [1.29, 1.82) is 0 Å². The summed E-state index contributed by atoms with van der Waals surface area (Å²) in [5.41, 5.74) is 3.48. The Morgan fingerprint density at radius 2 is 1.88 bits per heavy atom. The fourth-order valence-corrected chi connectivity index (χ4v) is 1.85. The van der Waals surface area contributed by atoms with E-state index in [1.807, 2.05) is 5.43 Å². The Labute approximate surface area is 100 Å². The molecule has 0 heterocycles. The topological polar surface area (TPSA) is 101 Å². The lowest BCUT2D eigenvalue weighted by molar-refractivity contribution is -0.121. The second-order valence-electron chi connectivity index (χ2n) is 3.64. The molecular weight excluding hydrogens is 242 g/mol. The maximum absolute atomic E-state index is 11.0. The number of hydrogen-bond acceptors (Lipinski definition) is 4. The Morgan fingerprint density at radius 3 is 2.35 bits per heavy atom. The molecule has 0 aliphatic rings. The first-order valence-corrected chi connectivity index (χ1v) is 6.86. The number of hydrazine groups is 1. The van der Waals surface area contributed by atoms with E-state index < -0.39 is 10.0 Å². The Hall–Kier alpha value is -1.60. The van der Waals surface area contributed by atoms with E-state index in [1.165, 1.54) is 0 Å². The number of nitrogens with two attached hydrogens (primary N) is 1. The predicted octanol–water partition coefficient (Wildman–Crippen LogP) is -0.0194. The van der Waals surface area contributed by atoms with Gasteiger partial charge in [0.15, 0.2) is 0 Å². The van der Waals surface area contributed by atoms with Crippen LogP contribution >= 0.6 is 0 Å². The van der Waals surface area contributed by atoms with Crippen LogP contribution in [0.1, 0.15) is 12.0 Å². The molecule has 7 heteroatoms. The second-order valence-corrected chi connectivity index (χ2v) is 5.39. The minimum atomic E-state index is -3.25. The van der Waals surface area contributed by atoms with Gasteiger partial charge in [-0.2, -0.15) is 0 Å². The summed E-state index contributed by atoms with van der Waals surface area (Å²) < 4.78 is 24.3. The van der Waals surface area contributed by atoms with Crippen LogP contribution in [0.2, 0.25) is 0 Å². The number of nitrogens with one attached hydrogen (secondary N) is 2. The summed E-state index contributed by atoms with van der Waals surface area (Å²) >= 11 is 0. The molecule has 0 aromatic heterocycles. The van der Waals surface area contributed by atoms with E-state index in [2.05, 4.69) is 4.72 Å². The van der Waals surface area contributed by atoms with E-state index in [-0.39, 0.29) is 5.91 Å². The molecule has 1 aromatic carbocycles. The van der Waals surface area contributed by atoms with Crippen LogP contribution < -0.4 is 16.0 Å². The number of carbonyl (C=O) groups excluding carboxylic acids is 1. The van der Waals surface area contributed by atoms with Gasteiger partial charge in [-0.1, -0.05) is 12.1 Å². The minimum Gasteiger partial charge on any atom is -0.294 e. The quantitative estimate of drug-likeness (QED) is 0.392. The van der Waals surface area contributed by atoms with Crippen LogP contribution in [-0.2, 0) is 21.2 Å². The molecule has 0 saturated heterocycles. The highest BCUT2D eigenvalue weighted by Gasteiger charge is 2.03. The van der Waals surface area contributed by atoms with Crippen LogP contribution in [0.4, 0.5) is 5.69 Å². The van der Waals surface area contributed by atoms with Gasteiger partial charge >= 0.3 is 0 Å². The van der Waals surface area contributed by atoms with Crippen LogP contribution in [0.25, 0.3) is 0 Å². The molecule has 1 rings (SSSR count). The van der Waals surface area contributed by atoms with E-state index in [9.17, 15) is 13.2 Å². The average molecular weight is 257 g/mol. The standard InChI is InChI=1S/C10H15N3O3S/c1-17(15,16)13-9-5-2-8(3-6-9)4-7-10(14)12-11/h2-3,5-6,13H,4,7,11H2,1H3,(H,12,14). The molecule has 0 aliphatic carbocycles. The first-order valence-electron chi connectivity index (χ1n) is 4.97. The van der Waals surface area contributed by atoms with Crippen molar-refractivity contribution in [2.24, 2.45) is 5.84 Å². The highest BCUT2D eigenvalue weighted by atomic mass is 32.2. The molecule has 0 atom stereocenters. The van der Waals surface area contributed by atoms with Gasteiger partial charge in [0, 0.05) is 12.1 Å². The van der Waals surface area contributed by atoms with E-state index in [0.717, 1.165) is 11.8 Å². The van der Waals surface area contributed by atoms with Gasteiger partial charge in [0.2, 0.25) is 15.9 Å². The van der Waals surface area contributed by atoms with Gasteiger partial charge in [0.25, 0.3) is 0 Å². The molecule has 6 nitrogen and oxygen atoms in total. The van der Waals surface area contributed by atoms with E-state index in [4.69, 9.17) is 5.84 Å². The highest BCUT2D eigenvalue weighted by molar-refractivity contribution is 7.92. The maximum Gasteiger partial charge on any atom is 0.234 e. The summed E-state index contributed by atoms with van der Waals surface area (Å²) in [5, 5.41) is 0. The fourth-order valence-electron chi connectivity index (χ4n) is 1.28. The molecule has 0 bridgehead atoms. The SMILES string of the molecule is CS(=O)(=O)Nc1ccc(CCC(=O)NN)cc1. The molecule has 0 spiro atoms. The lowest BCUT2D eigenvalue weighted by Crippen LogP contribution is -2.30. The molecule has 0 aliphatic heterocycles. The molecule has 17 heavy (non-hydrogen) atoms.